The molecule has 2 aliphatic heterocycles. The molecule has 2 heterocycles. The molecular weight excluding hydrogens is 362 g/mol. The number of nitrogens with one attached hydrogen (secondary N) is 1. The van der Waals surface area contributed by atoms with Gasteiger partial charge in [-0.3, -0.25) is 9.69 Å². The van der Waals surface area contributed by atoms with Crippen molar-refractivity contribution in [3.05, 3.63) is 59.2 Å². The molecule has 2 saturated heterocycles. The molecule has 0 saturated carbocycles. The fourth-order valence-electron chi connectivity index (χ4n) is 4.56. The zero-order valence-electron chi connectivity index (χ0n) is 17.5. The Balaban J connectivity index is 1.36. The summed E-state index contributed by atoms with van der Waals surface area (Å²) < 4.78 is 5.41. The van der Waals surface area contributed by atoms with Crippen molar-refractivity contribution in [2.75, 3.05) is 49.6 Å². The summed E-state index contributed by atoms with van der Waals surface area (Å²) in [5, 5.41) is 3.07. The third kappa shape index (κ3) is 4.98. The lowest BCUT2D eigenvalue weighted by Crippen LogP contribution is -2.36. The summed E-state index contributed by atoms with van der Waals surface area (Å²) in [6.45, 7) is 9.07. The molecule has 154 valence electrons. The predicted molar refractivity (Wildman–Crippen MR) is 118 cm³/mol. The highest BCUT2D eigenvalue weighted by Crippen LogP contribution is 2.32. The van der Waals surface area contributed by atoms with Crippen LogP contribution in [0.1, 0.15) is 35.6 Å². The topological polar surface area (TPSA) is 44.8 Å². The highest BCUT2D eigenvalue weighted by Gasteiger charge is 2.27. The van der Waals surface area contributed by atoms with Crippen LogP contribution in [0.3, 0.4) is 0 Å². The maximum Gasteiger partial charge on any atom is 0.238 e. The van der Waals surface area contributed by atoms with E-state index >= 15 is 0 Å². The smallest absolute Gasteiger partial charge is 0.238 e. The van der Waals surface area contributed by atoms with E-state index in [2.05, 4.69) is 59.3 Å². The molecule has 5 heteroatoms. The zero-order chi connectivity index (χ0) is 20.2. The van der Waals surface area contributed by atoms with Gasteiger partial charge in [-0.05, 0) is 63.1 Å². The van der Waals surface area contributed by atoms with Gasteiger partial charge in [0.1, 0.15) is 0 Å². The van der Waals surface area contributed by atoms with Crippen LogP contribution in [-0.2, 0) is 9.53 Å². The molecular formula is C24H31N3O2. The second-order valence-corrected chi connectivity index (χ2v) is 8.24. The highest BCUT2D eigenvalue weighted by molar-refractivity contribution is 5.92. The molecule has 0 radical (unpaired) electrons. The number of benzene rings is 2. The summed E-state index contributed by atoms with van der Waals surface area (Å²) in [6, 6.07) is 15.2. The van der Waals surface area contributed by atoms with E-state index in [1.807, 2.05) is 12.1 Å². The molecule has 4 rings (SSSR count). The van der Waals surface area contributed by atoms with Gasteiger partial charge in [0.05, 0.1) is 19.8 Å². The summed E-state index contributed by atoms with van der Waals surface area (Å²) in [7, 11) is 0. The number of aryl methyl sites for hydroxylation is 2. The maximum atomic E-state index is 12.7. The van der Waals surface area contributed by atoms with Crippen LogP contribution in [0.2, 0.25) is 0 Å². The first-order valence-corrected chi connectivity index (χ1v) is 10.6. The number of hydrogen-bond acceptors (Lipinski definition) is 4. The molecule has 2 aromatic carbocycles. The van der Waals surface area contributed by atoms with E-state index in [1.165, 1.54) is 22.4 Å². The molecule has 1 unspecified atom stereocenters. The van der Waals surface area contributed by atoms with E-state index in [0.29, 0.717) is 12.6 Å². The first-order valence-electron chi connectivity index (χ1n) is 10.6. The van der Waals surface area contributed by atoms with Crippen molar-refractivity contribution >= 4 is 17.3 Å². The number of rotatable bonds is 5. The summed E-state index contributed by atoms with van der Waals surface area (Å²) in [6.07, 6.45) is 2.25. The largest absolute Gasteiger partial charge is 0.378 e. The average molecular weight is 394 g/mol. The Morgan fingerprint density at radius 2 is 1.72 bits per heavy atom. The molecule has 0 bridgehead atoms. The van der Waals surface area contributed by atoms with E-state index in [4.69, 9.17) is 4.74 Å². The number of nitrogens with zero attached hydrogens (tertiary/aromatic N) is 2. The van der Waals surface area contributed by atoms with E-state index < -0.39 is 0 Å². The van der Waals surface area contributed by atoms with Crippen LogP contribution in [0.4, 0.5) is 11.4 Å². The quantitative estimate of drug-likeness (QED) is 0.836. The second kappa shape index (κ2) is 8.97. The summed E-state index contributed by atoms with van der Waals surface area (Å²) >= 11 is 0. The lowest BCUT2D eigenvalue weighted by atomic mass is 9.99. The van der Waals surface area contributed by atoms with Crippen LogP contribution < -0.4 is 10.2 Å². The molecule has 0 spiro atoms. The molecule has 0 aromatic heterocycles. The Morgan fingerprint density at radius 1 is 1.03 bits per heavy atom. The first kappa shape index (κ1) is 19.9. The minimum Gasteiger partial charge on any atom is -0.378 e. The van der Waals surface area contributed by atoms with Crippen molar-refractivity contribution in [2.24, 2.45) is 0 Å². The Labute approximate surface area is 173 Å². The van der Waals surface area contributed by atoms with Crippen LogP contribution in [-0.4, -0.2) is 50.2 Å². The molecule has 1 amide bonds. The summed E-state index contributed by atoms with van der Waals surface area (Å²) in [5.74, 6) is 0.0559. The number of hydrogen-bond donors (Lipinski definition) is 1. The van der Waals surface area contributed by atoms with E-state index in [0.717, 1.165) is 51.4 Å². The zero-order valence-corrected chi connectivity index (χ0v) is 17.5. The molecule has 1 atom stereocenters. The van der Waals surface area contributed by atoms with E-state index in [9.17, 15) is 4.79 Å². The lowest BCUT2D eigenvalue weighted by Gasteiger charge is -2.29. The molecule has 1 N–H and O–H groups in total. The van der Waals surface area contributed by atoms with Gasteiger partial charge in [-0.1, -0.05) is 29.3 Å². The van der Waals surface area contributed by atoms with Gasteiger partial charge < -0.3 is 15.0 Å². The van der Waals surface area contributed by atoms with Gasteiger partial charge in [-0.25, -0.2) is 0 Å². The minimum absolute atomic E-state index is 0.0559. The maximum absolute atomic E-state index is 12.7. The van der Waals surface area contributed by atoms with Crippen molar-refractivity contribution in [1.29, 1.82) is 0 Å². The molecule has 2 fully saturated rings. The molecule has 2 aliphatic rings. The van der Waals surface area contributed by atoms with Crippen molar-refractivity contribution in [2.45, 2.75) is 32.7 Å². The number of amides is 1. The van der Waals surface area contributed by atoms with Gasteiger partial charge in [0.15, 0.2) is 0 Å². The SMILES string of the molecule is Cc1cc(C)cc(C2CCCN2CC(=O)Nc2ccc(N3CCOCC3)cc2)c1. The van der Waals surface area contributed by atoms with Crippen LogP contribution in [0, 0.1) is 13.8 Å². The number of carbonyl (C=O) groups is 1. The number of anilines is 2. The Hall–Kier alpha value is -2.37. The van der Waals surface area contributed by atoms with Crippen molar-refractivity contribution in [3.8, 4) is 0 Å². The van der Waals surface area contributed by atoms with Gasteiger partial charge in [0.25, 0.3) is 0 Å². The van der Waals surface area contributed by atoms with Crippen molar-refractivity contribution in [3.63, 3.8) is 0 Å². The normalized spacial score (nSPS) is 20.1. The van der Waals surface area contributed by atoms with Crippen molar-refractivity contribution < 1.29 is 9.53 Å². The van der Waals surface area contributed by atoms with Crippen LogP contribution in [0.25, 0.3) is 0 Å². The molecule has 29 heavy (non-hydrogen) atoms. The van der Waals surface area contributed by atoms with Crippen LogP contribution >= 0.6 is 0 Å². The first-order chi connectivity index (χ1) is 14.1. The standard InChI is InChI=1S/C24H31N3O2/c1-18-14-19(2)16-20(15-18)23-4-3-9-27(23)17-24(28)25-21-5-7-22(8-6-21)26-10-12-29-13-11-26/h5-8,14-16,23H,3-4,9-13,17H2,1-2H3,(H,25,28). The average Bonchev–Trinajstić information content (AvgIpc) is 3.16. The monoisotopic (exact) mass is 393 g/mol. The Kier molecular flexibility index (Phi) is 6.16. The number of morpholine rings is 1. The fourth-order valence-corrected chi connectivity index (χ4v) is 4.56. The minimum atomic E-state index is 0.0559. The number of carbonyl (C=O) groups excluding carboxylic acids is 1. The highest BCUT2D eigenvalue weighted by atomic mass is 16.5. The van der Waals surface area contributed by atoms with E-state index in [-0.39, 0.29) is 5.91 Å². The van der Waals surface area contributed by atoms with Gasteiger partial charge >= 0.3 is 0 Å². The summed E-state index contributed by atoms with van der Waals surface area (Å²) in [4.78, 5) is 17.3. The number of ether oxygens (including phenoxy) is 1. The second-order valence-electron chi connectivity index (χ2n) is 8.24. The predicted octanol–water partition coefficient (Wildman–Crippen LogP) is 3.92. The van der Waals surface area contributed by atoms with Gasteiger partial charge in [0, 0.05) is 30.5 Å². The Morgan fingerprint density at radius 3 is 2.41 bits per heavy atom. The van der Waals surface area contributed by atoms with E-state index in [1.54, 1.807) is 0 Å². The van der Waals surface area contributed by atoms with Gasteiger partial charge in [-0.2, -0.15) is 0 Å². The van der Waals surface area contributed by atoms with Crippen LogP contribution in [0.5, 0.6) is 0 Å². The summed E-state index contributed by atoms with van der Waals surface area (Å²) in [5.41, 5.74) is 5.95. The fraction of sp³-hybridized carbons (Fsp3) is 0.458. The third-order valence-corrected chi connectivity index (χ3v) is 5.87. The van der Waals surface area contributed by atoms with Crippen LogP contribution in [0.15, 0.2) is 42.5 Å². The number of likely N-dealkylation sites (tertiary alicyclic amines) is 1. The molecule has 0 aliphatic carbocycles. The van der Waals surface area contributed by atoms with Crippen molar-refractivity contribution in [1.82, 2.24) is 4.90 Å². The van der Waals surface area contributed by atoms with Gasteiger partial charge in [0.2, 0.25) is 5.91 Å². The van der Waals surface area contributed by atoms with Gasteiger partial charge in [-0.15, -0.1) is 0 Å². The molecule has 2 aromatic rings. The Bertz CT molecular complexity index is 823. The third-order valence-electron chi connectivity index (χ3n) is 5.87. The lowest BCUT2D eigenvalue weighted by molar-refractivity contribution is -0.117. The molecule has 5 nitrogen and oxygen atoms in total.